The van der Waals surface area contributed by atoms with Gasteiger partial charge >= 0.3 is 5.97 Å². The van der Waals surface area contributed by atoms with Crippen molar-refractivity contribution in [2.75, 3.05) is 19.6 Å². The maximum atomic E-state index is 11.3. The number of ether oxygens (including phenoxy) is 2. The number of carbonyl (C=O) groups is 1. The molecule has 1 aromatic rings. The first-order chi connectivity index (χ1) is 8.10. The van der Waals surface area contributed by atoms with Gasteiger partial charge in [-0.1, -0.05) is 23.2 Å². The lowest BCUT2D eigenvalue weighted by Crippen LogP contribution is -2.03. The molecule has 17 heavy (non-hydrogen) atoms. The second-order valence-corrected chi connectivity index (χ2v) is 4.34. The number of carbonyl (C=O) groups excluding carboxylic acids is 1. The van der Waals surface area contributed by atoms with Crippen molar-refractivity contribution >= 4 is 40.8 Å². The van der Waals surface area contributed by atoms with Crippen LogP contribution in [0.1, 0.15) is 16.8 Å². The molecule has 0 unspecified atom stereocenters. The maximum absolute atomic E-state index is 11.3. The van der Waals surface area contributed by atoms with Crippen LogP contribution in [0.3, 0.4) is 0 Å². The molecule has 1 aromatic carbocycles. The van der Waals surface area contributed by atoms with Crippen molar-refractivity contribution in [3.8, 4) is 5.75 Å². The van der Waals surface area contributed by atoms with Gasteiger partial charge in [0.1, 0.15) is 0 Å². The van der Waals surface area contributed by atoms with Crippen LogP contribution in [0.5, 0.6) is 5.75 Å². The fourth-order valence-electron chi connectivity index (χ4n) is 1.16. The molecule has 6 heteroatoms. The topological polar surface area (TPSA) is 35.5 Å². The minimum atomic E-state index is -0.499. The van der Waals surface area contributed by atoms with Crippen LogP contribution in [0.4, 0.5) is 0 Å². The summed E-state index contributed by atoms with van der Waals surface area (Å²) in [6.07, 6.45) is 0.687. The summed E-state index contributed by atoms with van der Waals surface area (Å²) in [6, 6.07) is 2.91. The average Bonchev–Trinajstić information content (AvgIpc) is 2.31. The van der Waals surface area contributed by atoms with Gasteiger partial charge in [0.05, 0.1) is 29.3 Å². The van der Waals surface area contributed by atoms with E-state index in [1.807, 2.05) is 0 Å². The average molecular weight is 298 g/mol. The highest BCUT2D eigenvalue weighted by atomic mass is 35.5. The fourth-order valence-corrected chi connectivity index (χ4v) is 1.87. The molecular formula is C11H11Cl3O3. The maximum Gasteiger partial charge on any atom is 0.337 e. The fraction of sp³-hybridized carbons (Fsp3) is 0.364. The molecule has 0 radical (unpaired) electrons. The molecule has 0 saturated carbocycles. The van der Waals surface area contributed by atoms with Crippen molar-refractivity contribution in [2.24, 2.45) is 0 Å². The zero-order valence-electron chi connectivity index (χ0n) is 9.13. The largest absolute Gasteiger partial charge is 0.490 e. The number of hydrogen-bond acceptors (Lipinski definition) is 3. The van der Waals surface area contributed by atoms with Crippen molar-refractivity contribution in [1.82, 2.24) is 0 Å². The number of methoxy groups -OCH3 is 1. The molecular weight excluding hydrogens is 286 g/mol. The van der Waals surface area contributed by atoms with Crippen molar-refractivity contribution < 1.29 is 14.3 Å². The van der Waals surface area contributed by atoms with E-state index >= 15 is 0 Å². The number of alkyl halides is 1. The monoisotopic (exact) mass is 296 g/mol. The van der Waals surface area contributed by atoms with Gasteiger partial charge in [0.25, 0.3) is 0 Å². The summed E-state index contributed by atoms with van der Waals surface area (Å²) in [5.74, 6) is 0.349. The van der Waals surface area contributed by atoms with Crippen molar-refractivity contribution in [3.63, 3.8) is 0 Å². The zero-order chi connectivity index (χ0) is 12.8. The van der Waals surface area contributed by atoms with E-state index in [1.54, 1.807) is 0 Å². The molecule has 1 rings (SSSR count). The van der Waals surface area contributed by atoms with E-state index in [-0.39, 0.29) is 15.6 Å². The number of esters is 1. The van der Waals surface area contributed by atoms with E-state index < -0.39 is 5.97 Å². The Hall–Kier alpha value is -0.640. The molecule has 0 aromatic heterocycles. The van der Waals surface area contributed by atoms with Crippen molar-refractivity contribution in [3.05, 3.63) is 27.7 Å². The van der Waals surface area contributed by atoms with Gasteiger partial charge in [-0.25, -0.2) is 4.79 Å². The van der Waals surface area contributed by atoms with Crippen molar-refractivity contribution in [1.29, 1.82) is 0 Å². The number of halogens is 3. The molecule has 3 nitrogen and oxygen atoms in total. The molecule has 0 fully saturated rings. The lowest BCUT2D eigenvalue weighted by Gasteiger charge is -2.10. The first kappa shape index (κ1) is 14.4. The Bertz CT molecular complexity index is 384. The third kappa shape index (κ3) is 3.95. The molecule has 0 aliphatic rings. The van der Waals surface area contributed by atoms with Crippen LogP contribution in [0.15, 0.2) is 12.1 Å². The Morgan fingerprint density at radius 1 is 1.29 bits per heavy atom. The molecule has 0 aliphatic carbocycles. The lowest BCUT2D eigenvalue weighted by molar-refractivity contribution is 0.0600. The van der Waals surface area contributed by atoms with Gasteiger partial charge in [-0.05, 0) is 18.6 Å². The summed E-state index contributed by atoms with van der Waals surface area (Å²) in [5.41, 5.74) is 0.284. The highest BCUT2D eigenvalue weighted by Gasteiger charge is 2.14. The molecule has 0 N–H and O–H groups in total. The van der Waals surface area contributed by atoms with E-state index in [0.717, 1.165) is 0 Å². The van der Waals surface area contributed by atoms with E-state index in [4.69, 9.17) is 39.5 Å². The van der Waals surface area contributed by atoms with Crippen LogP contribution in [-0.4, -0.2) is 25.6 Å². The summed E-state index contributed by atoms with van der Waals surface area (Å²) in [6.45, 7) is 0.417. The van der Waals surface area contributed by atoms with Crippen LogP contribution < -0.4 is 4.74 Å². The molecule has 0 atom stereocenters. The molecule has 0 aliphatic heterocycles. The minimum absolute atomic E-state index is 0.271. The standard InChI is InChI=1S/C11H11Cl3O3/c1-16-11(15)7-5-8(13)10(9(14)6-7)17-4-2-3-12/h5-6H,2-4H2,1H3. The van der Waals surface area contributed by atoms with Crippen LogP contribution in [0.25, 0.3) is 0 Å². The summed E-state index contributed by atoms with van der Waals surface area (Å²) in [5, 5.41) is 0.542. The van der Waals surface area contributed by atoms with Crippen LogP contribution in [-0.2, 0) is 4.74 Å². The third-order valence-corrected chi connectivity index (χ3v) is 2.77. The highest BCUT2D eigenvalue weighted by Crippen LogP contribution is 2.34. The van der Waals surface area contributed by atoms with Crippen molar-refractivity contribution in [2.45, 2.75) is 6.42 Å². The zero-order valence-corrected chi connectivity index (χ0v) is 11.4. The molecule has 0 saturated heterocycles. The van der Waals surface area contributed by atoms with E-state index in [2.05, 4.69) is 4.74 Å². The number of hydrogen-bond donors (Lipinski definition) is 0. The summed E-state index contributed by atoms with van der Waals surface area (Å²) < 4.78 is 9.95. The highest BCUT2D eigenvalue weighted by molar-refractivity contribution is 6.37. The minimum Gasteiger partial charge on any atom is -0.490 e. The van der Waals surface area contributed by atoms with Gasteiger partial charge in [0.15, 0.2) is 5.75 Å². The second kappa shape index (κ2) is 6.94. The molecule has 0 spiro atoms. The van der Waals surface area contributed by atoms with E-state index in [0.29, 0.717) is 24.7 Å². The van der Waals surface area contributed by atoms with Crippen LogP contribution in [0, 0.1) is 0 Å². The first-order valence-corrected chi connectivity index (χ1v) is 6.15. The Balaban J connectivity index is 2.90. The number of rotatable bonds is 5. The quantitative estimate of drug-likeness (QED) is 0.471. The Kier molecular flexibility index (Phi) is 5.89. The first-order valence-electron chi connectivity index (χ1n) is 4.86. The third-order valence-electron chi connectivity index (χ3n) is 1.94. The SMILES string of the molecule is COC(=O)c1cc(Cl)c(OCCCCl)c(Cl)c1. The van der Waals surface area contributed by atoms with Gasteiger partial charge in [-0.15, -0.1) is 11.6 Å². The predicted molar refractivity (Wildman–Crippen MR) is 68.6 cm³/mol. The van der Waals surface area contributed by atoms with Gasteiger partial charge in [0, 0.05) is 5.88 Å². The second-order valence-electron chi connectivity index (χ2n) is 3.15. The molecule has 0 heterocycles. The smallest absolute Gasteiger partial charge is 0.337 e. The predicted octanol–water partition coefficient (Wildman–Crippen LogP) is 3.79. The molecule has 0 amide bonds. The van der Waals surface area contributed by atoms with E-state index in [1.165, 1.54) is 19.2 Å². The van der Waals surface area contributed by atoms with E-state index in [9.17, 15) is 4.79 Å². The lowest BCUT2D eigenvalue weighted by atomic mass is 10.2. The van der Waals surface area contributed by atoms with Gasteiger partial charge in [0.2, 0.25) is 0 Å². The number of benzene rings is 1. The Morgan fingerprint density at radius 3 is 2.35 bits per heavy atom. The Morgan fingerprint density at radius 2 is 1.88 bits per heavy atom. The molecule has 0 bridgehead atoms. The molecule has 94 valence electrons. The summed E-state index contributed by atoms with van der Waals surface area (Å²) in [4.78, 5) is 11.3. The van der Waals surface area contributed by atoms with Crippen LogP contribution in [0.2, 0.25) is 10.0 Å². The summed E-state index contributed by atoms with van der Waals surface area (Å²) in [7, 11) is 1.29. The van der Waals surface area contributed by atoms with Gasteiger partial charge < -0.3 is 9.47 Å². The van der Waals surface area contributed by atoms with Gasteiger partial charge in [-0.3, -0.25) is 0 Å². The van der Waals surface area contributed by atoms with Gasteiger partial charge in [-0.2, -0.15) is 0 Å². The van der Waals surface area contributed by atoms with Crippen LogP contribution >= 0.6 is 34.8 Å². The normalized spacial score (nSPS) is 10.1. The Labute approximate surface area is 115 Å². The summed E-state index contributed by atoms with van der Waals surface area (Å²) >= 11 is 17.5.